The number of hydrogen-bond acceptors (Lipinski definition) is 2. The summed E-state index contributed by atoms with van der Waals surface area (Å²) in [6.07, 6.45) is 2.90. The SMILES string of the molecule is CC(C)CCC(CN)CC#N. The molecule has 0 radical (unpaired) electrons. The lowest BCUT2D eigenvalue weighted by molar-refractivity contribution is 0.436. The van der Waals surface area contributed by atoms with Gasteiger partial charge in [0.25, 0.3) is 0 Å². The third kappa shape index (κ3) is 5.87. The molecule has 0 aromatic heterocycles. The Labute approximate surface area is 69.4 Å². The normalized spacial score (nSPS) is 13.0. The van der Waals surface area contributed by atoms with Gasteiger partial charge in [-0.05, 0) is 24.8 Å². The zero-order chi connectivity index (χ0) is 8.69. The van der Waals surface area contributed by atoms with Gasteiger partial charge < -0.3 is 5.73 Å². The number of rotatable bonds is 5. The largest absolute Gasteiger partial charge is 0.330 e. The van der Waals surface area contributed by atoms with Crippen LogP contribution in [0.5, 0.6) is 0 Å². The Morgan fingerprint density at radius 1 is 1.36 bits per heavy atom. The maximum atomic E-state index is 8.43. The highest BCUT2D eigenvalue weighted by Gasteiger charge is 2.06. The van der Waals surface area contributed by atoms with E-state index in [1.807, 2.05) is 0 Å². The highest BCUT2D eigenvalue weighted by molar-refractivity contribution is 4.76. The van der Waals surface area contributed by atoms with Crippen LogP contribution in [0.15, 0.2) is 0 Å². The molecule has 0 fully saturated rings. The van der Waals surface area contributed by atoms with Crippen molar-refractivity contribution >= 4 is 0 Å². The van der Waals surface area contributed by atoms with E-state index in [1.165, 1.54) is 6.42 Å². The molecule has 0 bridgehead atoms. The predicted molar refractivity (Wildman–Crippen MR) is 46.8 cm³/mol. The Bertz CT molecular complexity index is 124. The van der Waals surface area contributed by atoms with Gasteiger partial charge in [0, 0.05) is 6.42 Å². The minimum absolute atomic E-state index is 0.419. The van der Waals surface area contributed by atoms with Gasteiger partial charge >= 0.3 is 0 Å². The van der Waals surface area contributed by atoms with Crippen molar-refractivity contribution in [2.75, 3.05) is 6.54 Å². The smallest absolute Gasteiger partial charge is 0.0625 e. The summed E-state index contributed by atoms with van der Waals surface area (Å²) in [6.45, 7) is 5.04. The summed E-state index contributed by atoms with van der Waals surface area (Å²) in [7, 11) is 0. The molecule has 0 aromatic rings. The summed E-state index contributed by atoms with van der Waals surface area (Å²) in [5.41, 5.74) is 5.49. The Balaban J connectivity index is 3.45. The fourth-order valence-corrected chi connectivity index (χ4v) is 1.00. The zero-order valence-electron chi connectivity index (χ0n) is 7.51. The number of hydrogen-bond donors (Lipinski definition) is 1. The van der Waals surface area contributed by atoms with Gasteiger partial charge in [0.1, 0.15) is 0 Å². The van der Waals surface area contributed by atoms with E-state index in [1.54, 1.807) is 0 Å². The molecule has 0 heterocycles. The lowest BCUT2D eigenvalue weighted by atomic mass is 9.96. The summed E-state index contributed by atoms with van der Waals surface area (Å²) in [6, 6.07) is 2.16. The lowest BCUT2D eigenvalue weighted by Crippen LogP contribution is -2.14. The van der Waals surface area contributed by atoms with Crippen LogP contribution >= 0.6 is 0 Å². The van der Waals surface area contributed by atoms with Gasteiger partial charge in [0.15, 0.2) is 0 Å². The average Bonchev–Trinajstić information content (AvgIpc) is 1.97. The standard InChI is InChI=1S/C9H18N2/c1-8(2)3-4-9(7-11)5-6-10/h8-9H,3-5,7,11H2,1-2H3. The highest BCUT2D eigenvalue weighted by Crippen LogP contribution is 2.13. The molecular weight excluding hydrogens is 136 g/mol. The fraction of sp³-hybridized carbons (Fsp3) is 0.889. The van der Waals surface area contributed by atoms with Crippen molar-refractivity contribution in [3.63, 3.8) is 0 Å². The molecule has 1 unspecified atom stereocenters. The summed E-state index contributed by atoms with van der Waals surface area (Å²) >= 11 is 0. The number of nitrogens with zero attached hydrogens (tertiary/aromatic N) is 1. The minimum Gasteiger partial charge on any atom is -0.330 e. The molecule has 2 nitrogen and oxygen atoms in total. The second-order valence-electron chi connectivity index (χ2n) is 3.44. The Hall–Kier alpha value is -0.550. The first-order chi connectivity index (χ1) is 5.20. The lowest BCUT2D eigenvalue weighted by Gasteiger charge is -2.11. The van der Waals surface area contributed by atoms with Gasteiger partial charge in [-0.1, -0.05) is 20.3 Å². The third-order valence-corrected chi connectivity index (χ3v) is 1.87. The minimum atomic E-state index is 0.419. The van der Waals surface area contributed by atoms with Crippen LogP contribution in [-0.4, -0.2) is 6.54 Å². The molecule has 0 amide bonds. The van der Waals surface area contributed by atoms with E-state index in [0.717, 1.165) is 12.3 Å². The van der Waals surface area contributed by atoms with Crippen molar-refractivity contribution < 1.29 is 0 Å². The molecule has 1 atom stereocenters. The van der Waals surface area contributed by atoms with Gasteiger partial charge in [0.2, 0.25) is 0 Å². The van der Waals surface area contributed by atoms with Crippen LogP contribution < -0.4 is 5.73 Å². The van der Waals surface area contributed by atoms with E-state index in [4.69, 9.17) is 11.0 Å². The molecular formula is C9H18N2. The maximum absolute atomic E-state index is 8.43. The van der Waals surface area contributed by atoms with Crippen LogP contribution in [0, 0.1) is 23.2 Å². The van der Waals surface area contributed by atoms with Crippen LogP contribution in [0.1, 0.15) is 33.1 Å². The van der Waals surface area contributed by atoms with Gasteiger partial charge in [-0.25, -0.2) is 0 Å². The second kappa shape index (κ2) is 6.18. The molecule has 0 spiro atoms. The van der Waals surface area contributed by atoms with Crippen molar-refractivity contribution in [3.05, 3.63) is 0 Å². The molecule has 0 aromatic carbocycles. The Morgan fingerprint density at radius 3 is 2.36 bits per heavy atom. The average molecular weight is 154 g/mol. The molecule has 64 valence electrons. The van der Waals surface area contributed by atoms with E-state index in [0.29, 0.717) is 18.9 Å². The van der Waals surface area contributed by atoms with Crippen molar-refractivity contribution in [2.45, 2.75) is 33.1 Å². The van der Waals surface area contributed by atoms with Crippen LogP contribution in [0.3, 0.4) is 0 Å². The van der Waals surface area contributed by atoms with Crippen molar-refractivity contribution in [2.24, 2.45) is 17.6 Å². The molecule has 11 heavy (non-hydrogen) atoms. The molecule has 2 N–H and O–H groups in total. The molecule has 0 saturated heterocycles. The van der Waals surface area contributed by atoms with Gasteiger partial charge in [-0.3, -0.25) is 0 Å². The van der Waals surface area contributed by atoms with E-state index in [-0.39, 0.29) is 0 Å². The van der Waals surface area contributed by atoms with Crippen molar-refractivity contribution in [1.29, 1.82) is 5.26 Å². The first-order valence-electron chi connectivity index (χ1n) is 4.27. The first-order valence-corrected chi connectivity index (χ1v) is 4.27. The van der Waals surface area contributed by atoms with Crippen LogP contribution in [0.2, 0.25) is 0 Å². The predicted octanol–water partition coefficient (Wildman–Crippen LogP) is 1.91. The molecule has 0 aliphatic rings. The van der Waals surface area contributed by atoms with Crippen LogP contribution in [0.4, 0.5) is 0 Å². The molecule has 0 aliphatic heterocycles. The summed E-state index contributed by atoms with van der Waals surface area (Å²) in [5, 5.41) is 8.43. The first kappa shape index (κ1) is 10.4. The molecule has 0 rings (SSSR count). The van der Waals surface area contributed by atoms with E-state index >= 15 is 0 Å². The molecule has 0 aliphatic carbocycles. The topological polar surface area (TPSA) is 49.8 Å². The quantitative estimate of drug-likeness (QED) is 0.657. The summed E-state index contributed by atoms with van der Waals surface area (Å²) in [4.78, 5) is 0. The van der Waals surface area contributed by atoms with Gasteiger partial charge in [-0.15, -0.1) is 0 Å². The highest BCUT2D eigenvalue weighted by atomic mass is 14.5. The van der Waals surface area contributed by atoms with E-state index < -0.39 is 0 Å². The second-order valence-corrected chi connectivity index (χ2v) is 3.44. The molecule has 0 saturated carbocycles. The third-order valence-electron chi connectivity index (χ3n) is 1.87. The summed E-state index contributed by atoms with van der Waals surface area (Å²) in [5.74, 6) is 1.14. The van der Waals surface area contributed by atoms with Crippen molar-refractivity contribution in [1.82, 2.24) is 0 Å². The molecule has 2 heteroatoms. The maximum Gasteiger partial charge on any atom is 0.0625 e. The zero-order valence-corrected chi connectivity index (χ0v) is 7.51. The van der Waals surface area contributed by atoms with Crippen molar-refractivity contribution in [3.8, 4) is 6.07 Å². The number of nitrogens with two attached hydrogens (primary N) is 1. The van der Waals surface area contributed by atoms with Crippen LogP contribution in [-0.2, 0) is 0 Å². The van der Waals surface area contributed by atoms with E-state index in [2.05, 4.69) is 19.9 Å². The Morgan fingerprint density at radius 2 is 2.00 bits per heavy atom. The monoisotopic (exact) mass is 154 g/mol. The van der Waals surface area contributed by atoms with Gasteiger partial charge in [0.05, 0.1) is 6.07 Å². The van der Waals surface area contributed by atoms with Gasteiger partial charge in [-0.2, -0.15) is 5.26 Å². The Kier molecular flexibility index (Phi) is 5.87. The van der Waals surface area contributed by atoms with E-state index in [9.17, 15) is 0 Å². The fourth-order valence-electron chi connectivity index (χ4n) is 1.00. The summed E-state index contributed by atoms with van der Waals surface area (Å²) < 4.78 is 0. The number of nitriles is 1. The van der Waals surface area contributed by atoms with Crippen LogP contribution in [0.25, 0.3) is 0 Å².